The van der Waals surface area contributed by atoms with Crippen molar-refractivity contribution in [2.45, 2.75) is 18.9 Å². The summed E-state index contributed by atoms with van der Waals surface area (Å²) in [6.07, 6.45) is 0.0635. The highest BCUT2D eigenvalue weighted by Crippen LogP contribution is 2.05. The van der Waals surface area contributed by atoms with E-state index in [1.165, 1.54) is 7.11 Å². The summed E-state index contributed by atoms with van der Waals surface area (Å²) in [5.41, 5.74) is 1.11. The predicted molar refractivity (Wildman–Crippen MR) is 52.8 cm³/mol. The first-order valence-corrected chi connectivity index (χ1v) is 4.54. The molecule has 1 rings (SSSR count). The fourth-order valence-corrected chi connectivity index (χ4v) is 1.20. The second-order valence-electron chi connectivity index (χ2n) is 3.06. The van der Waals surface area contributed by atoms with Gasteiger partial charge in [-0.2, -0.15) is 0 Å². The third kappa shape index (κ3) is 3.18. The van der Waals surface area contributed by atoms with Gasteiger partial charge < -0.3 is 9.84 Å². The summed E-state index contributed by atoms with van der Waals surface area (Å²) in [5.74, 6) is -0.569. The molecule has 0 radical (unpaired) electrons. The minimum absolute atomic E-state index is 0.399. The van der Waals surface area contributed by atoms with E-state index < -0.39 is 12.1 Å². The predicted octanol–water partition coefficient (Wildman–Crippen LogP) is 1.15. The van der Waals surface area contributed by atoms with Gasteiger partial charge >= 0.3 is 5.97 Å². The monoisotopic (exact) mass is 194 g/mol. The summed E-state index contributed by atoms with van der Waals surface area (Å²) < 4.78 is 4.41. The van der Waals surface area contributed by atoms with E-state index in [0.29, 0.717) is 12.8 Å². The molecule has 1 unspecified atom stereocenters. The van der Waals surface area contributed by atoms with Crippen molar-refractivity contribution in [2.75, 3.05) is 7.11 Å². The largest absolute Gasteiger partial charge is 0.467 e. The van der Waals surface area contributed by atoms with Crippen LogP contribution in [0.1, 0.15) is 12.0 Å². The number of benzene rings is 1. The molecule has 1 atom stereocenters. The van der Waals surface area contributed by atoms with E-state index in [9.17, 15) is 9.90 Å². The van der Waals surface area contributed by atoms with E-state index in [2.05, 4.69) is 4.74 Å². The van der Waals surface area contributed by atoms with Gasteiger partial charge in [0, 0.05) is 0 Å². The highest BCUT2D eigenvalue weighted by atomic mass is 16.5. The Balaban J connectivity index is 2.38. The number of ether oxygens (including phenoxy) is 1. The van der Waals surface area contributed by atoms with Gasteiger partial charge in [0.2, 0.25) is 0 Å². The van der Waals surface area contributed by atoms with E-state index in [1.54, 1.807) is 0 Å². The number of rotatable bonds is 4. The zero-order valence-corrected chi connectivity index (χ0v) is 8.14. The molecule has 0 fully saturated rings. The number of carbonyl (C=O) groups excluding carboxylic acids is 1. The molecule has 0 amide bonds. The van der Waals surface area contributed by atoms with E-state index in [0.717, 1.165) is 5.56 Å². The summed E-state index contributed by atoms with van der Waals surface area (Å²) in [7, 11) is 1.27. The lowest BCUT2D eigenvalue weighted by molar-refractivity contribution is -0.150. The molecule has 3 nitrogen and oxygen atoms in total. The van der Waals surface area contributed by atoms with Crippen LogP contribution in [0.15, 0.2) is 30.3 Å². The number of aliphatic hydroxyl groups excluding tert-OH is 1. The molecule has 76 valence electrons. The second-order valence-corrected chi connectivity index (χ2v) is 3.06. The van der Waals surface area contributed by atoms with Crippen LogP contribution in [0.2, 0.25) is 0 Å². The number of aryl methyl sites for hydroxylation is 1. The fraction of sp³-hybridized carbons (Fsp3) is 0.364. The molecule has 1 aromatic carbocycles. The third-order valence-corrected chi connectivity index (χ3v) is 2.02. The zero-order valence-electron chi connectivity index (χ0n) is 8.14. The normalized spacial score (nSPS) is 12.1. The van der Waals surface area contributed by atoms with Gasteiger partial charge in [0.05, 0.1) is 7.11 Å². The molecule has 14 heavy (non-hydrogen) atoms. The van der Waals surface area contributed by atoms with Crippen molar-refractivity contribution in [2.24, 2.45) is 0 Å². The molecule has 0 saturated carbocycles. The van der Waals surface area contributed by atoms with E-state index >= 15 is 0 Å². The summed E-state index contributed by atoms with van der Waals surface area (Å²) in [6.45, 7) is 0. The van der Waals surface area contributed by atoms with E-state index in [1.807, 2.05) is 30.3 Å². The van der Waals surface area contributed by atoms with Crippen LogP contribution in [0.25, 0.3) is 0 Å². The summed E-state index contributed by atoms with van der Waals surface area (Å²) in [4.78, 5) is 10.9. The standard InChI is InChI=1S/C11H14O3/c1-14-11(13)10(12)8-7-9-5-3-2-4-6-9/h2-6,10,12H,7-8H2,1H3. The van der Waals surface area contributed by atoms with Crippen molar-refractivity contribution < 1.29 is 14.6 Å². The number of methoxy groups -OCH3 is 1. The molecule has 0 spiro atoms. The Labute approximate surface area is 83.3 Å². The van der Waals surface area contributed by atoms with Crippen LogP contribution in [0.5, 0.6) is 0 Å². The first-order chi connectivity index (χ1) is 6.74. The first kappa shape index (κ1) is 10.7. The fourth-order valence-electron chi connectivity index (χ4n) is 1.20. The highest BCUT2D eigenvalue weighted by molar-refractivity contribution is 5.74. The molecular weight excluding hydrogens is 180 g/mol. The number of hydrogen-bond acceptors (Lipinski definition) is 3. The molecule has 0 heterocycles. The Bertz CT molecular complexity index is 282. The molecule has 0 aliphatic heterocycles. The number of esters is 1. The minimum Gasteiger partial charge on any atom is -0.467 e. The quantitative estimate of drug-likeness (QED) is 0.731. The van der Waals surface area contributed by atoms with E-state index in [-0.39, 0.29) is 0 Å². The molecular formula is C11H14O3. The molecule has 1 aromatic rings. The topological polar surface area (TPSA) is 46.5 Å². The van der Waals surface area contributed by atoms with Crippen LogP contribution in [-0.4, -0.2) is 24.3 Å². The summed E-state index contributed by atoms with van der Waals surface area (Å²) >= 11 is 0. The summed E-state index contributed by atoms with van der Waals surface area (Å²) in [5, 5.41) is 9.30. The highest BCUT2D eigenvalue weighted by Gasteiger charge is 2.14. The third-order valence-electron chi connectivity index (χ3n) is 2.02. The second kappa shape index (κ2) is 5.40. The number of hydrogen-bond donors (Lipinski definition) is 1. The van der Waals surface area contributed by atoms with Crippen LogP contribution in [0.4, 0.5) is 0 Å². The average Bonchev–Trinajstić information content (AvgIpc) is 2.26. The lowest BCUT2D eigenvalue weighted by atomic mass is 10.1. The lowest BCUT2D eigenvalue weighted by Crippen LogP contribution is -2.22. The van der Waals surface area contributed by atoms with Crippen LogP contribution in [0.3, 0.4) is 0 Å². The summed E-state index contributed by atoms with van der Waals surface area (Å²) in [6, 6.07) is 9.72. The lowest BCUT2D eigenvalue weighted by Gasteiger charge is -2.07. The Kier molecular flexibility index (Phi) is 4.13. The molecule has 3 heteroatoms. The van der Waals surface area contributed by atoms with Gasteiger partial charge in [-0.3, -0.25) is 0 Å². The molecule has 0 bridgehead atoms. The van der Waals surface area contributed by atoms with Gasteiger partial charge in [-0.05, 0) is 18.4 Å². The minimum atomic E-state index is -1.01. The number of carbonyl (C=O) groups is 1. The smallest absolute Gasteiger partial charge is 0.334 e. The average molecular weight is 194 g/mol. The Morgan fingerprint density at radius 1 is 1.43 bits per heavy atom. The van der Waals surface area contributed by atoms with Gasteiger partial charge in [-0.15, -0.1) is 0 Å². The van der Waals surface area contributed by atoms with Gasteiger partial charge in [0.1, 0.15) is 0 Å². The Morgan fingerprint density at radius 2 is 2.07 bits per heavy atom. The van der Waals surface area contributed by atoms with Gasteiger partial charge in [-0.1, -0.05) is 30.3 Å². The van der Waals surface area contributed by atoms with Crippen molar-refractivity contribution in [1.82, 2.24) is 0 Å². The van der Waals surface area contributed by atoms with Crippen LogP contribution < -0.4 is 0 Å². The van der Waals surface area contributed by atoms with Crippen LogP contribution >= 0.6 is 0 Å². The van der Waals surface area contributed by atoms with Crippen molar-refractivity contribution in [3.05, 3.63) is 35.9 Å². The van der Waals surface area contributed by atoms with Crippen LogP contribution in [0, 0.1) is 0 Å². The van der Waals surface area contributed by atoms with Gasteiger partial charge in [0.15, 0.2) is 6.10 Å². The molecule has 0 saturated heterocycles. The van der Waals surface area contributed by atoms with E-state index in [4.69, 9.17) is 0 Å². The van der Waals surface area contributed by atoms with Crippen LogP contribution in [-0.2, 0) is 16.0 Å². The zero-order chi connectivity index (χ0) is 10.4. The molecule has 0 aliphatic rings. The van der Waals surface area contributed by atoms with Crippen molar-refractivity contribution in [1.29, 1.82) is 0 Å². The maximum atomic E-state index is 10.9. The Morgan fingerprint density at radius 3 is 2.64 bits per heavy atom. The van der Waals surface area contributed by atoms with Crippen molar-refractivity contribution in [3.63, 3.8) is 0 Å². The van der Waals surface area contributed by atoms with Crippen molar-refractivity contribution in [3.8, 4) is 0 Å². The Hall–Kier alpha value is -1.35. The maximum absolute atomic E-state index is 10.9. The maximum Gasteiger partial charge on any atom is 0.334 e. The molecule has 0 aliphatic carbocycles. The first-order valence-electron chi connectivity index (χ1n) is 4.54. The van der Waals surface area contributed by atoms with Gasteiger partial charge in [-0.25, -0.2) is 4.79 Å². The van der Waals surface area contributed by atoms with Crippen molar-refractivity contribution >= 4 is 5.97 Å². The SMILES string of the molecule is COC(=O)C(O)CCc1ccccc1. The number of aliphatic hydroxyl groups is 1. The molecule has 0 aromatic heterocycles. The van der Waals surface area contributed by atoms with Gasteiger partial charge in [0.25, 0.3) is 0 Å². The molecule has 1 N–H and O–H groups in total.